The minimum absolute atomic E-state index is 0.0479. The number of nitrogens with one attached hydrogen (secondary N) is 1. The number of hydrogen-bond donors (Lipinski definition) is 1. The summed E-state index contributed by atoms with van der Waals surface area (Å²) in [6.07, 6.45) is 1.91. The molecule has 1 atom stereocenters. The fourth-order valence-corrected chi connectivity index (χ4v) is 3.82. The molecule has 2 aromatic heterocycles. The van der Waals surface area contributed by atoms with Crippen LogP contribution in [0, 0.1) is 6.92 Å². The zero-order valence-electron chi connectivity index (χ0n) is 15.1. The van der Waals surface area contributed by atoms with E-state index in [1.807, 2.05) is 30.5 Å². The average Bonchev–Trinajstić information content (AvgIpc) is 3.13. The molecule has 1 fully saturated rings. The molecule has 0 aliphatic carbocycles. The molecule has 2 amide bonds. The van der Waals surface area contributed by atoms with Crippen LogP contribution in [0.15, 0.2) is 35.8 Å². The highest BCUT2D eigenvalue weighted by molar-refractivity contribution is 7.09. The Balaban J connectivity index is 1.64. The first-order valence-corrected chi connectivity index (χ1v) is 9.61. The third-order valence-electron chi connectivity index (χ3n) is 4.68. The van der Waals surface area contributed by atoms with Crippen molar-refractivity contribution in [3.8, 4) is 0 Å². The second kappa shape index (κ2) is 8.42. The standard InChI is InChI=1S/C19H24N4O2S/c1-14-5-3-7-20-16(14)13-22(2)18(24)11-17-19(25)21-8-9-23(17)12-15-6-4-10-26-15/h3-7,10,17H,8-9,11-13H2,1-2H3,(H,21,25)/t17-/m1/s1. The first-order valence-electron chi connectivity index (χ1n) is 8.73. The van der Waals surface area contributed by atoms with Gasteiger partial charge in [0.25, 0.3) is 0 Å². The van der Waals surface area contributed by atoms with E-state index in [4.69, 9.17) is 0 Å². The molecule has 0 unspecified atom stereocenters. The molecule has 3 heterocycles. The van der Waals surface area contributed by atoms with Crippen LogP contribution in [-0.2, 0) is 22.7 Å². The van der Waals surface area contributed by atoms with Crippen molar-refractivity contribution in [1.29, 1.82) is 0 Å². The van der Waals surface area contributed by atoms with Crippen LogP contribution in [0.2, 0.25) is 0 Å². The molecule has 0 bridgehead atoms. The van der Waals surface area contributed by atoms with Crippen molar-refractivity contribution >= 4 is 23.2 Å². The lowest BCUT2D eigenvalue weighted by Gasteiger charge is -2.35. The predicted octanol–water partition coefficient (Wildman–Crippen LogP) is 1.80. The molecule has 138 valence electrons. The van der Waals surface area contributed by atoms with Gasteiger partial charge in [-0.25, -0.2) is 0 Å². The van der Waals surface area contributed by atoms with Gasteiger partial charge in [0, 0.05) is 37.8 Å². The lowest BCUT2D eigenvalue weighted by Crippen LogP contribution is -2.56. The largest absolute Gasteiger partial charge is 0.353 e. The van der Waals surface area contributed by atoms with E-state index in [1.165, 1.54) is 4.88 Å². The highest BCUT2D eigenvalue weighted by Gasteiger charge is 2.32. The van der Waals surface area contributed by atoms with Crippen LogP contribution in [0.1, 0.15) is 22.6 Å². The van der Waals surface area contributed by atoms with Gasteiger partial charge in [-0.2, -0.15) is 0 Å². The molecule has 1 aliphatic heterocycles. The summed E-state index contributed by atoms with van der Waals surface area (Å²) in [6, 6.07) is 7.51. The van der Waals surface area contributed by atoms with Crippen LogP contribution in [0.25, 0.3) is 0 Å². The third-order valence-corrected chi connectivity index (χ3v) is 5.54. The molecule has 0 saturated carbocycles. The highest BCUT2D eigenvalue weighted by atomic mass is 32.1. The van der Waals surface area contributed by atoms with Crippen LogP contribution >= 0.6 is 11.3 Å². The molecule has 0 radical (unpaired) electrons. The van der Waals surface area contributed by atoms with Gasteiger partial charge in [0.15, 0.2) is 0 Å². The molecule has 0 spiro atoms. The zero-order valence-corrected chi connectivity index (χ0v) is 16.0. The Morgan fingerprint density at radius 3 is 3.00 bits per heavy atom. The van der Waals surface area contributed by atoms with Crippen LogP contribution < -0.4 is 5.32 Å². The maximum atomic E-state index is 12.7. The summed E-state index contributed by atoms with van der Waals surface area (Å²) in [5.41, 5.74) is 1.94. The van der Waals surface area contributed by atoms with Gasteiger partial charge in [-0.15, -0.1) is 11.3 Å². The predicted molar refractivity (Wildman–Crippen MR) is 102 cm³/mol. The Morgan fingerprint density at radius 2 is 2.27 bits per heavy atom. The average molecular weight is 372 g/mol. The molecule has 6 nitrogen and oxygen atoms in total. The summed E-state index contributed by atoms with van der Waals surface area (Å²) < 4.78 is 0. The molecule has 3 rings (SSSR count). The van der Waals surface area contributed by atoms with Crippen LogP contribution in [-0.4, -0.2) is 52.8 Å². The van der Waals surface area contributed by atoms with E-state index >= 15 is 0 Å². The van der Waals surface area contributed by atoms with Gasteiger partial charge in [0.2, 0.25) is 11.8 Å². The van der Waals surface area contributed by atoms with E-state index in [2.05, 4.69) is 21.3 Å². The molecule has 1 aliphatic rings. The fraction of sp³-hybridized carbons (Fsp3) is 0.421. The van der Waals surface area contributed by atoms with Crippen molar-refractivity contribution < 1.29 is 9.59 Å². The molecule has 1 N–H and O–H groups in total. The van der Waals surface area contributed by atoms with Gasteiger partial charge in [-0.3, -0.25) is 19.5 Å². The normalized spacial score (nSPS) is 17.8. The maximum Gasteiger partial charge on any atom is 0.237 e. The van der Waals surface area contributed by atoms with Gasteiger partial charge in [-0.1, -0.05) is 12.1 Å². The van der Waals surface area contributed by atoms with E-state index in [9.17, 15) is 9.59 Å². The minimum atomic E-state index is -0.425. The molecular weight excluding hydrogens is 348 g/mol. The number of pyridine rings is 1. The number of aryl methyl sites for hydroxylation is 1. The summed E-state index contributed by atoms with van der Waals surface area (Å²) in [6.45, 7) is 4.51. The molecule has 26 heavy (non-hydrogen) atoms. The number of hydrogen-bond acceptors (Lipinski definition) is 5. The second-order valence-electron chi connectivity index (χ2n) is 6.58. The van der Waals surface area contributed by atoms with Gasteiger partial charge < -0.3 is 10.2 Å². The molecular formula is C19H24N4O2S. The Morgan fingerprint density at radius 1 is 1.42 bits per heavy atom. The van der Waals surface area contributed by atoms with Gasteiger partial charge >= 0.3 is 0 Å². The first kappa shape index (κ1) is 18.5. The summed E-state index contributed by atoms with van der Waals surface area (Å²) in [7, 11) is 1.76. The Bertz CT molecular complexity index is 763. The van der Waals surface area contributed by atoms with Crippen molar-refractivity contribution in [2.75, 3.05) is 20.1 Å². The van der Waals surface area contributed by atoms with Crippen molar-refractivity contribution in [2.24, 2.45) is 0 Å². The lowest BCUT2D eigenvalue weighted by atomic mass is 10.1. The number of amides is 2. The summed E-state index contributed by atoms with van der Waals surface area (Å²) >= 11 is 1.67. The van der Waals surface area contributed by atoms with E-state index in [1.54, 1.807) is 29.5 Å². The second-order valence-corrected chi connectivity index (χ2v) is 7.61. The van der Waals surface area contributed by atoms with Gasteiger partial charge in [-0.05, 0) is 30.0 Å². The number of carbonyl (C=O) groups excluding carboxylic acids is 2. The number of thiophene rings is 1. The summed E-state index contributed by atoms with van der Waals surface area (Å²) in [4.78, 5) is 34.4. The topological polar surface area (TPSA) is 65.5 Å². The number of piperazine rings is 1. The Kier molecular flexibility index (Phi) is 6.00. The monoisotopic (exact) mass is 372 g/mol. The number of aromatic nitrogens is 1. The number of carbonyl (C=O) groups is 2. The van der Waals surface area contributed by atoms with Crippen molar-refractivity contribution in [1.82, 2.24) is 20.1 Å². The van der Waals surface area contributed by atoms with Crippen molar-refractivity contribution in [3.05, 3.63) is 52.0 Å². The molecule has 2 aromatic rings. The SMILES string of the molecule is Cc1cccnc1CN(C)C(=O)C[C@@H]1C(=O)NCCN1Cc1cccs1. The van der Waals surface area contributed by atoms with Crippen molar-refractivity contribution in [3.63, 3.8) is 0 Å². The highest BCUT2D eigenvalue weighted by Crippen LogP contribution is 2.18. The van der Waals surface area contributed by atoms with Crippen molar-refractivity contribution in [2.45, 2.75) is 32.5 Å². The molecule has 7 heteroatoms. The zero-order chi connectivity index (χ0) is 18.5. The molecule has 0 aromatic carbocycles. The lowest BCUT2D eigenvalue weighted by molar-refractivity contribution is -0.138. The maximum absolute atomic E-state index is 12.7. The quantitative estimate of drug-likeness (QED) is 0.840. The minimum Gasteiger partial charge on any atom is -0.353 e. The van der Waals surface area contributed by atoms with Crippen LogP contribution in [0.5, 0.6) is 0 Å². The van der Waals surface area contributed by atoms with Gasteiger partial charge in [0.05, 0.1) is 24.7 Å². The molecule has 1 saturated heterocycles. The van der Waals surface area contributed by atoms with Crippen LogP contribution in [0.3, 0.4) is 0 Å². The third kappa shape index (κ3) is 4.47. The summed E-state index contributed by atoms with van der Waals surface area (Å²) in [5, 5.41) is 4.91. The first-order chi connectivity index (χ1) is 12.5. The summed E-state index contributed by atoms with van der Waals surface area (Å²) in [5.74, 6) is -0.114. The van der Waals surface area contributed by atoms with Gasteiger partial charge in [0.1, 0.15) is 0 Å². The van der Waals surface area contributed by atoms with E-state index in [-0.39, 0.29) is 18.2 Å². The Hall–Kier alpha value is -2.25. The van der Waals surface area contributed by atoms with E-state index in [0.717, 1.165) is 17.8 Å². The number of rotatable bonds is 6. The smallest absolute Gasteiger partial charge is 0.237 e. The van der Waals surface area contributed by atoms with Crippen LogP contribution in [0.4, 0.5) is 0 Å². The fourth-order valence-electron chi connectivity index (χ4n) is 3.09. The van der Waals surface area contributed by atoms with E-state index in [0.29, 0.717) is 19.6 Å². The Labute approximate surface area is 157 Å². The van der Waals surface area contributed by atoms with E-state index < -0.39 is 6.04 Å². The number of nitrogens with zero attached hydrogens (tertiary/aromatic N) is 3.